The van der Waals surface area contributed by atoms with Crippen LogP contribution in [0.5, 0.6) is 0 Å². The van der Waals surface area contributed by atoms with Crippen molar-refractivity contribution in [1.29, 1.82) is 0 Å². The number of hydrogen-bond donors (Lipinski definition) is 1. The van der Waals surface area contributed by atoms with Gasteiger partial charge in [-0.15, -0.1) is 0 Å². The SMILES string of the molecule is O=C(CN1CCN(C(c2ccccc2)c2ccccc2)CC1)Nc1cccc(F)c1. The number of nitrogens with one attached hydrogen (secondary N) is 1. The van der Waals surface area contributed by atoms with Crippen molar-refractivity contribution in [2.45, 2.75) is 6.04 Å². The van der Waals surface area contributed by atoms with Crippen molar-refractivity contribution in [3.05, 3.63) is 102 Å². The average molecular weight is 404 g/mol. The summed E-state index contributed by atoms with van der Waals surface area (Å²) >= 11 is 0. The Hall–Kier alpha value is -3.02. The lowest BCUT2D eigenvalue weighted by Gasteiger charge is -2.39. The molecule has 1 aliphatic rings. The zero-order valence-electron chi connectivity index (χ0n) is 16.9. The second-order valence-corrected chi connectivity index (χ2v) is 7.59. The fourth-order valence-corrected chi connectivity index (χ4v) is 4.03. The maximum Gasteiger partial charge on any atom is 0.238 e. The van der Waals surface area contributed by atoms with Gasteiger partial charge in [-0.2, -0.15) is 0 Å². The minimum absolute atomic E-state index is 0.114. The van der Waals surface area contributed by atoms with Gasteiger partial charge in [0.2, 0.25) is 5.91 Å². The quantitative estimate of drug-likeness (QED) is 0.671. The number of rotatable bonds is 6. The highest BCUT2D eigenvalue weighted by Crippen LogP contribution is 2.29. The highest BCUT2D eigenvalue weighted by Gasteiger charge is 2.27. The van der Waals surface area contributed by atoms with Crippen LogP contribution in [0.2, 0.25) is 0 Å². The van der Waals surface area contributed by atoms with E-state index in [9.17, 15) is 9.18 Å². The molecule has 4 nitrogen and oxygen atoms in total. The van der Waals surface area contributed by atoms with Crippen LogP contribution in [0, 0.1) is 5.82 Å². The van der Waals surface area contributed by atoms with Gasteiger partial charge in [0.15, 0.2) is 0 Å². The number of amides is 1. The molecule has 1 fully saturated rings. The Morgan fingerprint density at radius 3 is 2.00 bits per heavy atom. The first-order chi connectivity index (χ1) is 14.7. The van der Waals surface area contributed by atoms with Gasteiger partial charge in [-0.25, -0.2) is 4.39 Å². The Morgan fingerprint density at radius 2 is 1.43 bits per heavy atom. The number of benzene rings is 3. The Balaban J connectivity index is 1.38. The lowest BCUT2D eigenvalue weighted by atomic mass is 9.96. The third kappa shape index (κ3) is 5.12. The summed E-state index contributed by atoms with van der Waals surface area (Å²) in [4.78, 5) is 17.0. The van der Waals surface area contributed by atoms with Gasteiger partial charge in [0.25, 0.3) is 0 Å². The minimum Gasteiger partial charge on any atom is -0.325 e. The highest BCUT2D eigenvalue weighted by atomic mass is 19.1. The maximum absolute atomic E-state index is 13.3. The number of piperazine rings is 1. The molecule has 0 aromatic heterocycles. The molecule has 4 rings (SSSR count). The van der Waals surface area contributed by atoms with Crippen LogP contribution in [0.4, 0.5) is 10.1 Å². The van der Waals surface area contributed by atoms with E-state index in [1.807, 2.05) is 12.1 Å². The van der Waals surface area contributed by atoms with E-state index in [-0.39, 0.29) is 17.8 Å². The molecule has 1 N–H and O–H groups in total. The van der Waals surface area contributed by atoms with Crippen molar-refractivity contribution in [1.82, 2.24) is 9.80 Å². The van der Waals surface area contributed by atoms with Crippen LogP contribution in [0.15, 0.2) is 84.9 Å². The summed E-state index contributed by atoms with van der Waals surface area (Å²) in [6.07, 6.45) is 0. The predicted octanol–water partition coefficient (Wildman–Crippen LogP) is 4.17. The summed E-state index contributed by atoms with van der Waals surface area (Å²) in [5, 5.41) is 2.78. The molecule has 0 aliphatic carbocycles. The van der Waals surface area contributed by atoms with E-state index >= 15 is 0 Å². The molecule has 0 spiro atoms. The number of carbonyl (C=O) groups is 1. The van der Waals surface area contributed by atoms with Crippen LogP contribution in [-0.4, -0.2) is 48.4 Å². The summed E-state index contributed by atoms with van der Waals surface area (Å²) in [6.45, 7) is 3.69. The first-order valence-electron chi connectivity index (χ1n) is 10.3. The molecule has 1 amide bonds. The molecule has 1 aliphatic heterocycles. The van der Waals surface area contributed by atoms with Crippen molar-refractivity contribution < 1.29 is 9.18 Å². The van der Waals surface area contributed by atoms with Crippen LogP contribution in [0.3, 0.4) is 0 Å². The Bertz CT molecular complexity index is 917. The zero-order valence-corrected chi connectivity index (χ0v) is 16.9. The van der Waals surface area contributed by atoms with E-state index in [1.165, 1.54) is 23.3 Å². The van der Waals surface area contributed by atoms with Crippen molar-refractivity contribution >= 4 is 11.6 Å². The van der Waals surface area contributed by atoms with E-state index < -0.39 is 0 Å². The Morgan fingerprint density at radius 1 is 0.833 bits per heavy atom. The molecule has 1 saturated heterocycles. The summed E-state index contributed by atoms with van der Waals surface area (Å²) < 4.78 is 13.3. The van der Waals surface area contributed by atoms with Crippen molar-refractivity contribution in [3.63, 3.8) is 0 Å². The molecule has 1 heterocycles. The number of hydrogen-bond acceptors (Lipinski definition) is 3. The van der Waals surface area contributed by atoms with Crippen molar-refractivity contribution in [3.8, 4) is 0 Å². The third-order valence-electron chi connectivity index (χ3n) is 5.48. The van der Waals surface area contributed by atoms with Gasteiger partial charge in [-0.05, 0) is 29.3 Å². The summed E-state index contributed by atoms with van der Waals surface area (Å²) in [5.41, 5.74) is 3.05. The Labute approximate surface area is 176 Å². The smallest absolute Gasteiger partial charge is 0.238 e. The molecule has 0 radical (unpaired) electrons. The monoisotopic (exact) mass is 403 g/mol. The van der Waals surface area contributed by atoms with Crippen molar-refractivity contribution in [2.24, 2.45) is 0 Å². The van der Waals surface area contributed by atoms with Gasteiger partial charge < -0.3 is 5.32 Å². The van der Waals surface area contributed by atoms with Gasteiger partial charge in [0.05, 0.1) is 12.6 Å². The van der Waals surface area contributed by atoms with Gasteiger partial charge in [0, 0.05) is 31.9 Å². The summed E-state index contributed by atoms with van der Waals surface area (Å²) in [6, 6.07) is 27.3. The molecule has 0 saturated carbocycles. The van der Waals surface area contributed by atoms with Crippen LogP contribution in [-0.2, 0) is 4.79 Å². The topological polar surface area (TPSA) is 35.6 Å². The molecule has 0 atom stereocenters. The molecule has 0 bridgehead atoms. The van der Waals surface area contributed by atoms with Crippen LogP contribution in [0.1, 0.15) is 17.2 Å². The lowest BCUT2D eigenvalue weighted by molar-refractivity contribution is -0.117. The van der Waals surface area contributed by atoms with E-state index in [2.05, 4.69) is 63.6 Å². The molecule has 154 valence electrons. The first-order valence-corrected chi connectivity index (χ1v) is 10.3. The second-order valence-electron chi connectivity index (χ2n) is 7.59. The fraction of sp³-hybridized carbons (Fsp3) is 0.240. The number of halogens is 1. The van der Waals surface area contributed by atoms with Crippen LogP contribution < -0.4 is 5.32 Å². The Kier molecular flexibility index (Phi) is 6.52. The fourth-order valence-electron chi connectivity index (χ4n) is 4.03. The molecule has 3 aromatic rings. The first kappa shape index (κ1) is 20.3. The van der Waals surface area contributed by atoms with E-state index in [0.717, 1.165) is 26.2 Å². The zero-order chi connectivity index (χ0) is 20.8. The van der Waals surface area contributed by atoms with E-state index in [0.29, 0.717) is 12.2 Å². The van der Waals surface area contributed by atoms with Gasteiger partial charge in [-0.1, -0.05) is 66.7 Å². The second kappa shape index (κ2) is 9.65. The normalized spacial score (nSPS) is 15.3. The number of carbonyl (C=O) groups excluding carboxylic acids is 1. The number of anilines is 1. The minimum atomic E-state index is -0.353. The lowest BCUT2D eigenvalue weighted by Crippen LogP contribution is -2.49. The third-order valence-corrected chi connectivity index (χ3v) is 5.48. The van der Waals surface area contributed by atoms with E-state index in [4.69, 9.17) is 0 Å². The van der Waals surface area contributed by atoms with Crippen LogP contribution >= 0.6 is 0 Å². The van der Waals surface area contributed by atoms with Gasteiger partial charge in [-0.3, -0.25) is 14.6 Å². The van der Waals surface area contributed by atoms with Gasteiger partial charge >= 0.3 is 0 Å². The largest absolute Gasteiger partial charge is 0.325 e. The predicted molar refractivity (Wildman–Crippen MR) is 118 cm³/mol. The van der Waals surface area contributed by atoms with E-state index in [1.54, 1.807) is 12.1 Å². The molecule has 0 unspecified atom stereocenters. The maximum atomic E-state index is 13.3. The van der Waals surface area contributed by atoms with Crippen LogP contribution in [0.25, 0.3) is 0 Å². The average Bonchev–Trinajstić information content (AvgIpc) is 2.77. The van der Waals surface area contributed by atoms with Crippen molar-refractivity contribution in [2.75, 3.05) is 38.0 Å². The molecule has 5 heteroatoms. The molecular weight excluding hydrogens is 377 g/mol. The number of nitrogens with zero attached hydrogens (tertiary/aromatic N) is 2. The highest BCUT2D eigenvalue weighted by molar-refractivity contribution is 5.92. The summed E-state index contributed by atoms with van der Waals surface area (Å²) in [5.74, 6) is -0.467. The molecule has 3 aromatic carbocycles. The molecule has 30 heavy (non-hydrogen) atoms. The summed E-state index contributed by atoms with van der Waals surface area (Å²) in [7, 11) is 0. The van der Waals surface area contributed by atoms with Gasteiger partial charge in [0.1, 0.15) is 5.82 Å². The standard InChI is InChI=1S/C25H26FN3O/c26-22-12-7-13-23(18-22)27-24(30)19-28-14-16-29(17-15-28)25(20-8-3-1-4-9-20)21-10-5-2-6-11-21/h1-13,18,25H,14-17,19H2,(H,27,30). The molecular formula is C25H26FN3O.